The van der Waals surface area contributed by atoms with Crippen molar-refractivity contribution in [2.24, 2.45) is 0 Å². The van der Waals surface area contributed by atoms with Gasteiger partial charge >= 0.3 is 0 Å². The van der Waals surface area contributed by atoms with E-state index in [9.17, 15) is 0 Å². The van der Waals surface area contributed by atoms with Gasteiger partial charge in [0, 0.05) is 9.79 Å². The lowest BCUT2D eigenvalue weighted by Crippen LogP contribution is -1.84. The molecule has 0 N–H and O–H groups in total. The number of nitrogens with zero attached hydrogens (tertiary/aromatic N) is 1. The first kappa shape index (κ1) is 13.0. The Kier molecular flexibility index (Phi) is 4.29. The van der Waals surface area contributed by atoms with Crippen molar-refractivity contribution in [3.8, 4) is 11.8 Å². The fourth-order valence-corrected chi connectivity index (χ4v) is 2.99. The van der Waals surface area contributed by atoms with E-state index < -0.39 is 0 Å². The van der Waals surface area contributed by atoms with Gasteiger partial charge in [0.1, 0.15) is 5.75 Å². The van der Waals surface area contributed by atoms with Crippen LogP contribution in [-0.2, 0) is 0 Å². The van der Waals surface area contributed by atoms with Crippen LogP contribution in [0.3, 0.4) is 0 Å². The van der Waals surface area contributed by atoms with Gasteiger partial charge in [0.2, 0.25) is 0 Å². The van der Waals surface area contributed by atoms with Crippen LogP contribution in [0.15, 0.2) is 56.7 Å². The minimum Gasteiger partial charge on any atom is -0.496 e. The number of ether oxygens (including phenoxy) is 1. The predicted molar refractivity (Wildman–Crippen MR) is 76.0 cm³/mol. The molecule has 0 aromatic heterocycles. The molecule has 0 amide bonds. The standard InChI is InChI=1S/C14H10BrNOS/c1-17-14-7-6-12(8-13(14)15)18-11-4-2-10(9-16)3-5-11/h2-8H,1H3. The summed E-state index contributed by atoms with van der Waals surface area (Å²) < 4.78 is 6.12. The number of hydrogen-bond acceptors (Lipinski definition) is 3. The van der Waals surface area contributed by atoms with E-state index in [0.717, 1.165) is 20.0 Å². The van der Waals surface area contributed by atoms with E-state index in [-0.39, 0.29) is 0 Å². The van der Waals surface area contributed by atoms with Crippen molar-refractivity contribution in [3.63, 3.8) is 0 Å². The van der Waals surface area contributed by atoms with Crippen LogP contribution in [0.2, 0.25) is 0 Å². The van der Waals surface area contributed by atoms with E-state index in [1.165, 1.54) is 0 Å². The first-order valence-corrected chi connectivity index (χ1v) is 6.85. The number of hydrogen-bond donors (Lipinski definition) is 0. The molecule has 0 saturated heterocycles. The third-order valence-electron chi connectivity index (χ3n) is 2.34. The van der Waals surface area contributed by atoms with E-state index >= 15 is 0 Å². The largest absolute Gasteiger partial charge is 0.496 e. The molecule has 2 nitrogen and oxygen atoms in total. The Labute approximate surface area is 119 Å². The Hall–Kier alpha value is -1.44. The molecule has 0 spiro atoms. The molecule has 0 fully saturated rings. The van der Waals surface area contributed by atoms with Crippen LogP contribution in [-0.4, -0.2) is 7.11 Å². The van der Waals surface area contributed by atoms with Crippen LogP contribution >= 0.6 is 27.7 Å². The fourth-order valence-electron chi connectivity index (χ4n) is 1.44. The number of methoxy groups -OCH3 is 1. The highest BCUT2D eigenvalue weighted by atomic mass is 79.9. The Morgan fingerprint density at radius 3 is 2.33 bits per heavy atom. The van der Waals surface area contributed by atoms with Gasteiger partial charge in [0.05, 0.1) is 23.2 Å². The van der Waals surface area contributed by atoms with E-state index in [1.54, 1.807) is 18.9 Å². The second-order valence-corrected chi connectivity index (χ2v) is 5.54. The number of benzene rings is 2. The Bertz CT molecular complexity index is 590. The second kappa shape index (κ2) is 5.94. The maximum absolute atomic E-state index is 8.74. The Balaban J connectivity index is 2.18. The summed E-state index contributed by atoms with van der Waals surface area (Å²) in [5.74, 6) is 0.819. The summed E-state index contributed by atoms with van der Waals surface area (Å²) in [7, 11) is 1.65. The van der Waals surface area contributed by atoms with Crippen molar-refractivity contribution in [2.45, 2.75) is 9.79 Å². The van der Waals surface area contributed by atoms with Gasteiger partial charge in [-0.1, -0.05) is 11.8 Å². The van der Waals surface area contributed by atoms with Crippen LogP contribution in [0.25, 0.3) is 0 Å². The van der Waals surface area contributed by atoms with E-state index in [4.69, 9.17) is 10.00 Å². The zero-order chi connectivity index (χ0) is 13.0. The van der Waals surface area contributed by atoms with Crippen molar-refractivity contribution >= 4 is 27.7 Å². The van der Waals surface area contributed by atoms with E-state index in [1.807, 2.05) is 42.5 Å². The number of nitriles is 1. The molecule has 0 atom stereocenters. The molecule has 0 radical (unpaired) electrons. The van der Waals surface area contributed by atoms with Gasteiger partial charge in [-0.25, -0.2) is 0 Å². The SMILES string of the molecule is COc1ccc(Sc2ccc(C#N)cc2)cc1Br. The molecule has 2 rings (SSSR count). The van der Waals surface area contributed by atoms with Gasteiger partial charge in [-0.05, 0) is 58.4 Å². The molecule has 0 aliphatic carbocycles. The van der Waals surface area contributed by atoms with Crippen LogP contribution in [0.5, 0.6) is 5.75 Å². The Morgan fingerprint density at radius 1 is 1.11 bits per heavy atom. The first-order chi connectivity index (χ1) is 8.72. The number of halogens is 1. The number of rotatable bonds is 3. The molecule has 90 valence electrons. The minimum absolute atomic E-state index is 0.676. The summed E-state index contributed by atoms with van der Waals surface area (Å²) in [6.45, 7) is 0. The topological polar surface area (TPSA) is 33.0 Å². The summed E-state index contributed by atoms with van der Waals surface area (Å²) in [5, 5.41) is 8.74. The van der Waals surface area contributed by atoms with Gasteiger partial charge in [-0.3, -0.25) is 0 Å². The molecule has 18 heavy (non-hydrogen) atoms. The summed E-state index contributed by atoms with van der Waals surface area (Å²) >= 11 is 5.11. The predicted octanol–water partition coefficient (Wildman–Crippen LogP) is 4.48. The summed E-state index contributed by atoms with van der Waals surface area (Å²) in [6, 6.07) is 15.6. The van der Waals surface area contributed by atoms with Crippen molar-refractivity contribution in [3.05, 3.63) is 52.5 Å². The normalized spacial score (nSPS) is 9.83. The van der Waals surface area contributed by atoms with Gasteiger partial charge in [0.15, 0.2) is 0 Å². The lowest BCUT2D eigenvalue weighted by Gasteiger charge is -2.06. The van der Waals surface area contributed by atoms with Gasteiger partial charge < -0.3 is 4.74 Å². The molecule has 0 aliphatic heterocycles. The van der Waals surface area contributed by atoms with Crippen molar-refractivity contribution in [1.82, 2.24) is 0 Å². The average molecular weight is 320 g/mol. The van der Waals surface area contributed by atoms with Crippen LogP contribution < -0.4 is 4.74 Å². The summed E-state index contributed by atoms with van der Waals surface area (Å²) in [6.07, 6.45) is 0. The van der Waals surface area contributed by atoms with Crippen LogP contribution in [0, 0.1) is 11.3 Å². The average Bonchev–Trinajstić information content (AvgIpc) is 2.40. The smallest absolute Gasteiger partial charge is 0.133 e. The lowest BCUT2D eigenvalue weighted by molar-refractivity contribution is 0.412. The molecule has 0 saturated carbocycles. The monoisotopic (exact) mass is 319 g/mol. The quantitative estimate of drug-likeness (QED) is 0.836. The molecule has 2 aromatic carbocycles. The van der Waals surface area contributed by atoms with Crippen molar-refractivity contribution in [2.75, 3.05) is 7.11 Å². The highest BCUT2D eigenvalue weighted by Gasteiger charge is 2.03. The first-order valence-electron chi connectivity index (χ1n) is 5.24. The van der Waals surface area contributed by atoms with E-state index in [0.29, 0.717) is 5.56 Å². The highest BCUT2D eigenvalue weighted by molar-refractivity contribution is 9.10. The lowest BCUT2D eigenvalue weighted by atomic mass is 10.2. The summed E-state index contributed by atoms with van der Waals surface area (Å²) in [4.78, 5) is 2.22. The van der Waals surface area contributed by atoms with Crippen molar-refractivity contribution in [1.29, 1.82) is 5.26 Å². The minimum atomic E-state index is 0.676. The molecule has 0 unspecified atom stereocenters. The third kappa shape index (κ3) is 3.06. The zero-order valence-corrected chi connectivity index (χ0v) is 12.1. The fraction of sp³-hybridized carbons (Fsp3) is 0.0714. The summed E-state index contributed by atoms with van der Waals surface area (Å²) in [5.41, 5.74) is 0.676. The molecular formula is C14H10BrNOS. The molecule has 4 heteroatoms. The van der Waals surface area contributed by atoms with Gasteiger partial charge in [-0.15, -0.1) is 0 Å². The maximum Gasteiger partial charge on any atom is 0.133 e. The van der Waals surface area contributed by atoms with Crippen molar-refractivity contribution < 1.29 is 4.74 Å². The molecule has 0 bridgehead atoms. The van der Waals surface area contributed by atoms with Gasteiger partial charge in [0.25, 0.3) is 0 Å². The zero-order valence-electron chi connectivity index (χ0n) is 9.68. The highest BCUT2D eigenvalue weighted by Crippen LogP contribution is 2.33. The maximum atomic E-state index is 8.74. The third-order valence-corrected chi connectivity index (χ3v) is 3.96. The Morgan fingerprint density at radius 2 is 1.78 bits per heavy atom. The van der Waals surface area contributed by atoms with E-state index in [2.05, 4.69) is 22.0 Å². The van der Waals surface area contributed by atoms with Gasteiger partial charge in [-0.2, -0.15) is 5.26 Å². The molecule has 2 aromatic rings. The molecular weight excluding hydrogens is 310 g/mol. The molecule has 0 aliphatic rings. The van der Waals surface area contributed by atoms with Crippen LogP contribution in [0.1, 0.15) is 5.56 Å². The second-order valence-electron chi connectivity index (χ2n) is 3.53. The molecule has 0 heterocycles. The van der Waals surface area contributed by atoms with Crippen LogP contribution in [0.4, 0.5) is 0 Å².